The van der Waals surface area contributed by atoms with E-state index in [4.69, 9.17) is 0 Å². The van der Waals surface area contributed by atoms with E-state index in [0.29, 0.717) is 6.42 Å². The van der Waals surface area contributed by atoms with E-state index in [1.54, 1.807) is 20.1 Å². The Morgan fingerprint density at radius 3 is 2.22 bits per heavy atom. The first-order valence-electron chi connectivity index (χ1n) is 2.94. The highest BCUT2D eigenvalue weighted by molar-refractivity contribution is 7.85. The van der Waals surface area contributed by atoms with Crippen molar-refractivity contribution in [3.05, 3.63) is 0 Å². The van der Waals surface area contributed by atoms with E-state index in [0.717, 1.165) is 0 Å². The lowest BCUT2D eigenvalue weighted by molar-refractivity contribution is -0.118. The summed E-state index contributed by atoms with van der Waals surface area (Å²) in [5.74, 6) is 0.0795. The zero-order valence-electron chi connectivity index (χ0n) is 6.01. The molecule has 0 aromatic rings. The quantitative estimate of drug-likeness (QED) is 0.591. The highest BCUT2D eigenvalue weighted by atomic mass is 32.2. The van der Waals surface area contributed by atoms with E-state index < -0.39 is 10.8 Å². The Morgan fingerprint density at radius 1 is 1.67 bits per heavy atom. The number of carbonyl (C=O) groups is 1. The first kappa shape index (κ1) is 8.82. The molecular weight excluding hydrogens is 136 g/mol. The molecule has 3 heteroatoms. The van der Waals surface area contributed by atoms with Crippen LogP contribution in [0.4, 0.5) is 0 Å². The van der Waals surface area contributed by atoms with Crippen molar-refractivity contribution in [1.82, 2.24) is 0 Å². The summed E-state index contributed by atoms with van der Waals surface area (Å²) in [6, 6.07) is 0. The van der Waals surface area contributed by atoms with Crippen molar-refractivity contribution in [2.45, 2.75) is 25.5 Å². The second-order valence-corrected chi connectivity index (χ2v) is 3.66. The van der Waals surface area contributed by atoms with Gasteiger partial charge >= 0.3 is 0 Å². The van der Waals surface area contributed by atoms with Crippen molar-refractivity contribution in [2.75, 3.05) is 6.26 Å². The summed E-state index contributed by atoms with van der Waals surface area (Å²) in [7, 11) is -0.990. The van der Waals surface area contributed by atoms with Crippen molar-refractivity contribution in [1.29, 1.82) is 0 Å². The van der Waals surface area contributed by atoms with Gasteiger partial charge in [0.1, 0.15) is 5.78 Å². The summed E-state index contributed by atoms with van der Waals surface area (Å²) in [5.41, 5.74) is 0. The maximum Gasteiger partial charge on any atom is 0.147 e. The van der Waals surface area contributed by atoms with Gasteiger partial charge in [-0.2, -0.15) is 0 Å². The lowest BCUT2D eigenvalue weighted by atomic mass is 10.2. The Bertz CT molecular complexity index is 131. The average Bonchev–Trinajstić information content (AvgIpc) is 1.84. The molecule has 0 saturated heterocycles. The van der Waals surface area contributed by atoms with Crippen LogP contribution in [0, 0.1) is 0 Å². The zero-order chi connectivity index (χ0) is 7.44. The largest absolute Gasteiger partial charge is 0.298 e. The van der Waals surface area contributed by atoms with Crippen LogP contribution in [0.2, 0.25) is 0 Å². The van der Waals surface area contributed by atoms with E-state index in [9.17, 15) is 9.00 Å². The third-order valence-electron chi connectivity index (χ3n) is 1.30. The second-order valence-electron chi connectivity index (χ2n) is 1.96. The highest BCUT2D eigenvalue weighted by Gasteiger charge is 2.13. The van der Waals surface area contributed by atoms with Gasteiger partial charge in [0, 0.05) is 23.5 Å². The first-order chi connectivity index (χ1) is 4.09. The van der Waals surface area contributed by atoms with E-state index in [1.807, 2.05) is 0 Å². The van der Waals surface area contributed by atoms with Gasteiger partial charge in [-0.1, -0.05) is 6.92 Å². The standard InChI is InChI=1S/C6H12O2S/c1-4-6(7)5(2)9(3)8/h5H,4H2,1-3H3. The maximum absolute atomic E-state index is 10.8. The molecule has 0 aliphatic rings. The van der Waals surface area contributed by atoms with Gasteiger partial charge in [0.15, 0.2) is 0 Å². The van der Waals surface area contributed by atoms with Gasteiger partial charge in [0.05, 0.1) is 5.25 Å². The van der Waals surface area contributed by atoms with Crippen LogP contribution in [0.5, 0.6) is 0 Å². The van der Waals surface area contributed by atoms with Crippen molar-refractivity contribution >= 4 is 16.6 Å². The minimum atomic E-state index is -0.990. The van der Waals surface area contributed by atoms with Crippen molar-refractivity contribution in [3.63, 3.8) is 0 Å². The topological polar surface area (TPSA) is 34.1 Å². The van der Waals surface area contributed by atoms with Crippen molar-refractivity contribution in [3.8, 4) is 0 Å². The predicted molar refractivity (Wildman–Crippen MR) is 38.8 cm³/mol. The summed E-state index contributed by atoms with van der Waals surface area (Å²) in [6.07, 6.45) is 2.04. The van der Waals surface area contributed by atoms with Crippen LogP contribution in [-0.2, 0) is 15.6 Å². The monoisotopic (exact) mass is 148 g/mol. The van der Waals surface area contributed by atoms with Crippen LogP contribution in [0.1, 0.15) is 20.3 Å². The molecule has 0 aliphatic heterocycles. The molecule has 0 amide bonds. The number of Topliss-reactive ketones (excluding diaryl/α,β-unsaturated/α-hetero) is 1. The molecule has 2 atom stereocenters. The molecule has 0 N–H and O–H groups in total. The number of rotatable bonds is 3. The molecule has 0 aromatic heterocycles. The van der Waals surface area contributed by atoms with Gasteiger partial charge in [-0.3, -0.25) is 9.00 Å². The lowest BCUT2D eigenvalue weighted by Crippen LogP contribution is -2.20. The molecule has 54 valence electrons. The highest BCUT2D eigenvalue weighted by Crippen LogP contribution is 1.96. The van der Waals surface area contributed by atoms with Crippen LogP contribution in [0.3, 0.4) is 0 Å². The van der Waals surface area contributed by atoms with Crippen LogP contribution in [-0.4, -0.2) is 21.5 Å². The summed E-state index contributed by atoms with van der Waals surface area (Å²) < 4.78 is 10.6. The van der Waals surface area contributed by atoms with Crippen LogP contribution in [0.15, 0.2) is 0 Å². The van der Waals surface area contributed by atoms with Crippen LogP contribution in [0.25, 0.3) is 0 Å². The molecule has 0 aromatic carbocycles. The van der Waals surface area contributed by atoms with E-state index in [1.165, 1.54) is 0 Å². The minimum Gasteiger partial charge on any atom is -0.298 e. The van der Waals surface area contributed by atoms with Gasteiger partial charge in [-0.15, -0.1) is 0 Å². The molecule has 0 saturated carbocycles. The SMILES string of the molecule is CCC(=O)C(C)S(C)=O. The molecule has 0 heterocycles. The van der Waals surface area contributed by atoms with Crippen molar-refractivity contribution in [2.24, 2.45) is 0 Å². The fourth-order valence-electron chi connectivity index (χ4n) is 0.473. The fraction of sp³-hybridized carbons (Fsp3) is 0.833. The molecule has 2 nitrogen and oxygen atoms in total. The second kappa shape index (κ2) is 3.77. The van der Waals surface area contributed by atoms with Gasteiger partial charge in [-0.05, 0) is 6.92 Å². The molecule has 9 heavy (non-hydrogen) atoms. The Morgan fingerprint density at radius 2 is 2.11 bits per heavy atom. The van der Waals surface area contributed by atoms with Crippen LogP contribution >= 0.6 is 0 Å². The third kappa shape index (κ3) is 2.75. The average molecular weight is 148 g/mol. The normalized spacial score (nSPS) is 16.8. The first-order valence-corrected chi connectivity index (χ1v) is 4.56. The molecule has 0 fully saturated rings. The summed E-state index contributed by atoms with van der Waals surface area (Å²) in [6.45, 7) is 3.48. The van der Waals surface area contributed by atoms with Gasteiger partial charge in [0.25, 0.3) is 0 Å². The number of carbonyl (C=O) groups excluding carboxylic acids is 1. The maximum atomic E-state index is 10.8. The molecule has 0 radical (unpaired) electrons. The number of hydrogen-bond donors (Lipinski definition) is 0. The predicted octanol–water partition coefficient (Wildman–Crippen LogP) is 0.733. The zero-order valence-corrected chi connectivity index (χ0v) is 6.83. The molecule has 0 spiro atoms. The Hall–Kier alpha value is -0.180. The summed E-state index contributed by atoms with van der Waals surface area (Å²) in [5, 5.41) is -0.282. The smallest absolute Gasteiger partial charge is 0.147 e. The molecular formula is C6H12O2S. The lowest BCUT2D eigenvalue weighted by Gasteiger charge is -2.02. The van der Waals surface area contributed by atoms with E-state index in [-0.39, 0.29) is 11.0 Å². The van der Waals surface area contributed by atoms with Gasteiger partial charge < -0.3 is 0 Å². The molecule has 0 aliphatic carbocycles. The summed E-state index contributed by atoms with van der Waals surface area (Å²) in [4.78, 5) is 10.8. The van der Waals surface area contributed by atoms with E-state index in [2.05, 4.69) is 0 Å². The summed E-state index contributed by atoms with van der Waals surface area (Å²) >= 11 is 0. The van der Waals surface area contributed by atoms with Crippen LogP contribution < -0.4 is 0 Å². The molecule has 0 rings (SSSR count). The Balaban J connectivity index is 3.88. The Kier molecular flexibility index (Phi) is 3.70. The minimum absolute atomic E-state index is 0.0795. The third-order valence-corrected chi connectivity index (χ3v) is 2.56. The van der Waals surface area contributed by atoms with Crippen molar-refractivity contribution < 1.29 is 9.00 Å². The van der Waals surface area contributed by atoms with E-state index >= 15 is 0 Å². The molecule has 2 unspecified atom stereocenters. The molecule has 0 bridgehead atoms. The van der Waals surface area contributed by atoms with Gasteiger partial charge in [0.2, 0.25) is 0 Å². The number of ketones is 1. The fourth-order valence-corrected chi connectivity index (χ4v) is 1.01. The Labute approximate surface area is 58.1 Å². The van der Waals surface area contributed by atoms with Gasteiger partial charge in [-0.25, -0.2) is 0 Å². The number of hydrogen-bond acceptors (Lipinski definition) is 2.